The average Bonchev–Trinajstić information content (AvgIpc) is 3.22. The summed E-state index contributed by atoms with van der Waals surface area (Å²) < 4.78 is 7.25. The van der Waals surface area contributed by atoms with Crippen LogP contribution in [0.2, 0.25) is 0 Å². The van der Waals surface area contributed by atoms with Gasteiger partial charge in [0.2, 0.25) is 5.91 Å². The van der Waals surface area contributed by atoms with Gasteiger partial charge in [-0.1, -0.05) is 36.0 Å². The predicted molar refractivity (Wildman–Crippen MR) is 126 cm³/mol. The van der Waals surface area contributed by atoms with Crippen molar-refractivity contribution in [2.45, 2.75) is 19.0 Å². The second-order valence-corrected chi connectivity index (χ2v) is 8.18. The Balaban J connectivity index is 1.62. The molecule has 0 aliphatic carbocycles. The highest BCUT2D eigenvalue weighted by atomic mass is 32.2. The maximum absolute atomic E-state index is 12.6. The lowest BCUT2D eigenvalue weighted by atomic mass is 10.1. The lowest BCUT2D eigenvalue weighted by Gasteiger charge is -2.12. The number of aromatic nitrogens is 4. The van der Waals surface area contributed by atoms with Gasteiger partial charge in [-0.25, -0.2) is 0 Å². The smallest absolute Gasteiger partial charge is 0.234 e. The van der Waals surface area contributed by atoms with E-state index in [1.165, 1.54) is 11.8 Å². The first-order chi connectivity index (χ1) is 15.5. The van der Waals surface area contributed by atoms with Crippen LogP contribution in [0.4, 0.5) is 5.69 Å². The van der Waals surface area contributed by atoms with Crippen LogP contribution in [-0.2, 0) is 4.79 Å². The monoisotopic (exact) mass is 445 g/mol. The molecule has 0 bridgehead atoms. The number of rotatable bonds is 7. The Morgan fingerprint density at radius 2 is 1.78 bits per heavy atom. The van der Waals surface area contributed by atoms with E-state index in [0.29, 0.717) is 28.1 Å². The molecule has 0 aliphatic rings. The first-order valence-corrected chi connectivity index (χ1v) is 11.0. The standard InChI is InChI=1S/C24H23N5O2S/c1-16-12-17(2)14-18(13-16)29-23(20-9-6-7-11-25-20)27-28-24(29)32-15-22(30)26-19-8-4-5-10-21(19)31-3/h4-14H,15H2,1-3H3,(H,26,30). The molecule has 4 aromatic rings. The second kappa shape index (κ2) is 9.65. The van der Waals surface area contributed by atoms with Crippen molar-refractivity contribution in [2.75, 3.05) is 18.2 Å². The summed E-state index contributed by atoms with van der Waals surface area (Å²) in [6.07, 6.45) is 1.73. The second-order valence-electron chi connectivity index (χ2n) is 7.24. The molecular formula is C24H23N5O2S. The number of carbonyl (C=O) groups excluding carboxylic acids is 1. The Bertz CT molecular complexity index is 1220. The molecule has 4 rings (SSSR count). The molecule has 7 nitrogen and oxygen atoms in total. The van der Waals surface area contributed by atoms with Crippen LogP contribution in [0.5, 0.6) is 5.75 Å². The number of pyridine rings is 1. The number of thioether (sulfide) groups is 1. The molecule has 0 saturated heterocycles. The minimum absolute atomic E-state index is 0.158. The van der Waals surface area contributed by atoms with Gasteiger partial charge >= 0.3 is 0 Å². The number of aryl methyl sites for hydroxylation is 2. The van der Waals surface area contributed by atoms with E-state index in [0.717, 1.165) is 16.8 Å². The highest BCUT2D eigenvalue weighted by Crippen LogP contribution is 2.29. The van der Waals surface area contributed by atoms with Gasteiger partial charge in [-0.2, -0.15) is 0 Å². The fraction of sp³-hybridized carbons (Fsp3) is 0.167. The molecule has 0 saturated carbocycles. The molecule has 1 amide bonds. The average molecular weight is 446 g/mol. The summed E-state index contributed by atoms with van der Waals surface area (Å²) in [5, 5.41) is 12.3. The van der Waals surface area contributed by atoms with Gasteiger partial charge < -0.3 is 10.1 Å². The van der Waals surface area contributed by atoms with Gasteiger partial charge in [0.1, 0.15) is 11.4 Å². The minimum atomic E-state index is -0.158. The van der Waals surface area contributed by atoms with Crippen LogP contribution in [0.3, 0.4) is 0 Å². The number of benzene rings is 2. The van der Waals surface area contributed by atoms with E-state index in [1.54, 1.807) is 25.4 Å². The number of amides is 1. The highest BCUT2D eigenvalue weighted by molar-refractivity contribution is 7.99. The van der Waals surface area contributed by atoms with Crippen molar-refractivity contribution < 1.29 is 9.53 Å². The molecule has 0 aliphatic heterocycles. The van der Waals surface area contributed by atoms with Crippen molar-refractivity contribution in [1.82, 2.24) is 19.7 Å². The van der Waals surface area contributed by atoms with Gasteiger partial charge in [-0.05, 0) is 61.4 Å². The van der Waals surface area contributed by atoms with Gasteiger partial charge in [-0.15, -0.1) is 10.2 Å². The predicted octanol–water partition coefficient (Wildman–Crippen LogP) is 4.69. The van der Waals surface area contributed by atoms with E-state index in [2.05, 4.69) is 52.5 Å². The third kappa shape index (κ3) is 4.81. The zero-order valence-corrected chi connectivity index (χ0v) is 18.9. The first-order valence-electron chi connectivity index (χ1n) is 10.1. The quantitative estimate of drug-likeness (QED) is 0.416. The summed E-state index contributed by atoms with van der Waals surface area (Å²) in [6.45, 7) is 4.10. The Labute approximate surface area is 190 Å². The topological polar surface area (TPSA) is 81.9 Å². The number of anilines is 1. The van der Waals surface area contributed by atoms with Crippen LogP contribution in [0, 0.1) is 13.8 Å². The Morgan fingerprint density at radius 3 is 2.50 bits per heavy atom. The molecule has 162 valence electrons. The number of nitrogens with one attached hydrogen (secondary N) is 1. The van der Waals surface area contributed by atoms with Crippen LogP contribution in [0.25, 0.3) is 17.2 Å². The summed E-state index contributed by atoms with van der Waals surface area (Å²) in [5.41, 5.74) is 4.53. The van der Waals surface area contributed by atoms with Crippen LogP contribution >= 0.6 is 11.8 Å². The summed E-state index contributed by atoms with van der Waals surface area (Å²) >= 11 is 1.32. The molecular weight excluding hydrogens is 422 g/mol. The van der Waals surface area contributed by atoms with Crippen molar-refractivity contribution >= 4 is 23.4 Å². The fourth-order valence-corrected chi connectivity index (χ4v) is 4.15. The van der Waals surface area contributed by atoms with E-state index in [1.807, 2.05) is 34.9 Å². The third-order valence-electron chi connectivity index (χ3n) is 4.71. The number of ether oxygens (including phenoxy) is 1. The number of carbonyl (C=O) groups is 1. The summed E-state index contributed by atoms with van der Waals surface area (Å²) in [4.78, 5) is 17.1. The summed E-state index contributed by atoms with van der Waals surface area (Å²) in [6, 6.07) is 19.2. The lowest BCUT2D eigenvalue weighted by Crippen LogP contribution is -2.15. The van der Waals surface area contributed by atoms with Crippen molar-refractivity contribution in [3.63, 3.8) is 0 Å². The maximum Gasteiger partial charge on any atom is 0.234 e. The SMILES string of the molecule is COc1ccccc1NC(=O)CSc1nnc(-c2ccccn2)n1-c1cc(C)cc(C)c1. The molecule has 2 aromatic carbocycles. The van der Waals surface area contributed by atoms with Crippen LogP contribution in [-0.4, -0.2) is 38.5 Å². The molecule has 0 atom stereocenters. The Kier molecular flexibility index (Phi) is 6.51. The molecule has 0 fully saturated rings. The normalized spacial score (nSPS) is 10.7. The van der Waals surface area contributed by atoms with Gasteiger partial charge in [0.25, 0.3) is 0 Å². The van der Waals surface area contributed by atoms with Gasteiger partial charge in [0.15, 0.2) is 11.0 Å². The zero-order valence-electron chi connectivity index (χ0n) is 18.1. The lowest BCUT2D eigenvalue weighted by molar-refractivity contribution is -0.113. The molecule has 32 heavy (non-hydrogen) atoms. The van der Waals surface area contributed by atoms with E-state index in [-0.39, 0.29) is 11.7 Å². The molecule has 1 N–H and O–H groups in total. The Hall–Kier alpha value is -3.65. The van der Waals surface area contributed by atoms with Crippen molar-refractivity contribution in [3.8, 4) is 23.0 Å². The number of hydrogen-bond acceptors (Lipinski definition) is 6. The molecule has 0 spiro atoms. The van der Waals surface area contributed by atoms with Crippen LogP contribution < -0.4 is 10.1 Å². The van der Waals surface area contributed by atoms with Gasteiger partial charge in [0.05, 0.1) is 24.2 Å². The molecule has 2 heterocycles. The van der Waals surface area contributed by atoms with Gasteiger partial charge in [-0.3, -0.25) is 14.3 Å². The summed E-state index contributed by atoms with van der Waals surface area (Å²) in [5.74, 6) is 1.25. The van der Waals surface area contributed by atoms with E-state index >= 15 is 0 Å². The molecule has 2 aromatic heterocycles. The van der Waals surface area contributed by atoms with Crippen molar-refractivity contribution in [2.24, 2.45) is 0 Å². The van der Waals surface area contributed by atoms with E-state index < -0.39 is 0 Å². The third-order valence-corrected chi connectivity index (χ3v) is 5.63. The van der Waals surface area contributed by atoms with Crippen LogP contribution in [0.15, 0.2) is 72.0 Å². The number of nitrogens with zero attached hydrogens (tertiary/aromatic N) is 4. The van der Waals surface area contributed by atoms with E-state index in [9.17, 15) is 4.79 Å². The largest absolute Gasteiger partial charge is 0.495 e. The minimum Gasteiger partial charge on any atom is -0.495 e. The zero-order chi connectivity index (χ0) is 22.5. The number of methoxy groups -OCH3 is 1. The maximum atomic E-state index is 12.6. The highest BCUT2D eigenvalue weighted by Gasteiger charge is 2.19. The summed E-state index contributed by atoms with van der Waals surface area (Å²) in [7, 11) is 1.57. The van der Waals surface area contributed by atoms with Crippen molar-refractivity contribution in [3.05, 3.63) is 78.0 Å². The molecule has 8 heteroatoms. The number of hydrogen-bond donors (Lipinski definition) is 1. The molecule has 0 radical (unpaired) electrons. The molecule has 0 unspecified atom stereocenters. The fourth-order valence-electron chi connectivity index (χ4n) is 3.40. The van der Waals surface area contributed by atoms with Gasteiger partial charge in [0, 0.05) is 6.20 Å². The number of para-hydroxylation sites is 2. The van der Waals surface area contributed by atoms with Crippen LogP contribution in [0.1, 0.15) is 11.1 Å². The van der Waals surface area contributed by atoms with Crippen molar-refractivity contribution in [1.29, 1.82) is 0 Å². The Morgan fingerprint density at radius 1 is 1.03 bits per heavy atom. The van der Waals surface area contributed by atoms with E-state index in [4.69, 9.17) is 4.74 Å². The first kappa shape index (κ1) is 21.6.